The number of hydrogen-bond donors (Lipinski definition) is 1. The average Bonchev–Trinajstić information content (AvgIpc) is 2.83. The van der Waals surface area contributed by atoms with E-state index in [1.807, 2.05) is 19.9 Å². The number of carbonyl (C=O) groups excluding carboxylic acids is 2. The second-order valence-corrected chi connectivity index (χ2v) is 8.97. The lowest BCUT2D eigenvalue weighted by molar-refractivity contribution is -0.111. The van der Waals surface area contributed by atoms with Crippen LogP contribution in [0.2, 0.25) is 5.02 Å². The van der Waals surface area contributed by atoms with Gasteiger partial charge in [-0.1, -0.05) is 17.7 Å². The van der Waals surface area contributed by atoms with Crippen molar-refractivity contribution in [1.82, 2.24) is 9.88 Å². The van der Waals surface area contributed by atoms with Crippen LogP contribution in [-0.2, 0) is 16.0 Å². The van der Waals surface area contributed by atoms with Gasteiger partial charge >= 0.3 is 0 Å². The second kappa shape index (κ2) is 11.7. The molecule has 0 fully saturated rings. The molecule has 0 saturated carbocycles. The highest BCUT2D eigenvalue weighted by Gasteiger charge is 2.20. The maximum atomic E-state index is 13.1. The highest BCUT2D eigenvalue weighted by atomic mass is 35.5. The third kappa shape index (κ3) is 6.68. The Bertz CT molecular complexity index is 1130. The van der Waals surface area contributed by atoms with Crippen molar-refractivity contribution in [2.24, 2.45) is 0 Å². The minimum Gasteiger partial charge on any atom is -0.606 e. The lowest BCUT2D eigenvalue weighted by Crippen LogP contribution is -2.30. The minimum atomic E-state index is -1.54. The summed E-state index contributed by atoms with van der Waals surface area (Å²) in [6, 6.07) is 15.1. The molecule has 3 rings (SSSR count). The summed E-state index contributed by atoms with van der Waals surface area (Å²) in [6.45, 7) is 4.95. The molecule has 8 heteroatoms. The van der Waals surface area contributed by atoms with Gasteiger partial charge in [0.05, 0.1) is 0 Å². The monoisotopic (exact) mass is 481 g/mol. The second-order valence-electron chi connectivity index (χ2n) is 7.06. The fraction of sp³-hybridized carbons (Fsp3) is 0.160. The van der Waals surface area contributed by atoms with Crippen molar-refractivity contribution in [2.75, 3.05) is 18.4 Å². The number of pyridine rings is 1. The van der Waals surface area contributed by atoms with Gasteiger partial charge in [0.1, 0.15) is 0 Å². The van der Waals surface area contributed by atoms with Crippen molar-refractivity contribution >= 4 is 46.4 Å². The van der Waals surface area contributed by atoms with Crippen molar-refractivity contribution < 1.29 is 14.1 Å². The van der Waals surface area contributed by atoms with Crippen LogP contribution in [-0.4, -0.2) is 39.3 Å². The summed E-state index contributed by atoms with van der Waals surface area (Å²) in [4.78, 5) is 31.5. The first-order valence-corrected chi connectivity index (χ1v) is 11.9. The van der Waals surface area contributed by atoms with Crippen molar-refractivity contribution in [3.63, 3.8) is 0 Å². The molecule has 2 aromatic carbocycles. The molecule has 2 amide bonds. The molecule has 0 saturated heterocycles. The van der Waals surface area contributed by atoms with Crippen LogP contribution in [0.15, 0.2) is 82.9 Å². The van der Waals surface area contributed by atoms with Gasteiger partial charge in [-0.3, -0.25) is 14.6 Å². The van der Waals surface area contributed by atoms with Gasteiger partial charge in [0.25, 0.3) is 5.91 Å². The molecule has 6 nitrogen and oxygen atoms in total. The summed E-state index contributed by atoms with van der Waals surface area (Å²) in [5.41, 5.74) is 1.79. The van der Waals surface area contributed by atoms with Crippen LogP contribution in [0.25, 0.3) is 6.08 Å². The molecule has 1 heterocycles. The van der Waals surface area contributed by atoms with Crippen LogP contribution in [0.4, 0.5) is 5.69 Å². The highest BCUT2D eigenvalue weighted by molar-refractivity contribution is 7.91. The van der Waals surface area contributed by atoms with E-state index in [0.717, 1.165) is 5.56 Å². The number of nitrogens with zero attached hydrogens (tertiary/aromatic N) is 2. The third-order valence-electron chi connectivity index (χ3n) is 4.83. The number of amides is 2. The largest absolute Gasteiger partial charge is 0.606 e. The Morgan fingerprint density at radius 2 is 1.82 bits per heavy atom. The molecule has 1 unspecified atom stereocenters. The molecule has 33 heavy (non-hydrogen) atoms. The molecule has 170 valence electrons. The van der Waals surface area contributed by atoms with E-state index >= 15 is 0 Å². The lowest BCUT2D eigenvalue weighted by Gasteiger charge is -2.19. The molecular formula is C25H24ClN3O3S. The van der Waals surface area contributed by atoms with E-state index < -0.39 is 11.2 Å². The summed E-state index contributed by atoms with van der Waals surface area (Å²) in [5, 5.41) is 3.11. The van der Waals surface area contributed by atoms with Crippen LogP contribution in [0.3, 0.4) is 0 Å². The van der Waals surface area contributed by atoms with Gasteiger partial charge in [0.15, 0.2) is 9.79 Å². The number of carbonyl (C=O) groups is 2. The van der Waals surface area contributed by atoms with Crippen molar-refractivity contribution in [3.8, 4) is 0 Å². The zero-order valence-electron chi connectivity index (χ0n) is 18.3. The highest BCUT2D eigenvalue weighted by Crippen LogP contribution is 2.27. The van der Waals surface area contributed by atoms with E-state index in [4.69, 9.17) is 11.6 Å². The Kier molecular flexibility index (Phi) is 8.65. The smallest absolute Gasteiger partial charge is 0.254 e. The van der Waals surface area contributed by atoms with E-state index in [2.05, 4.69) is 10.3 Å². The SMILES string of the molecule is CCN(CC)C(=O)c1cc(Cl)cc([S+]([O-])c2ccc(NC(=O)/C=C/c3cccnc3)cc2)c1. The number of hydrogen-bond acceptors (Lipinski definition) is 4. The fourth-order valence-electron chi connectivity index (χ4n) is 3.11. The first kappa shape index (κ1) is 24.5. The number of benzene rings is 2. The number of halogens is 1. The molecular weight excluding hydrogens is 458 g/mol. The molecule has 0 aliphatic rings. The Labute approximate surface area is 201 Å². The summed E-state index contributed by atoms with van der Waals surface area (Å²) in [7, 11) is 0. The van der Waals surface area contributed by atoms with E-state index in [1.165, 1.54) is 6.08 Å². The molecule has 3 aromatic rings. The van der Waals surface area contributed by atoms with E-state index in [1.54, 1.807) is 71.9 Å². The summed E-state index contributed by atoms with van der Waals surface area (Å²) in [5.74, 6) is -0.444. The standard InChI is InChI=1S/C25H24ClN3O3S/c1-3-29(4-2)25(31)19-14-20(26)16-23(15-19)33(32)22-10-8-21(9-11-22)28-24(30)12-7-18-6-5-13-27-17-18/h5-17H,3-4H2,1-2H3,(H,28,30)/b12-7+. The molecule has 1 N–H and O–H groups in total. The van der Waals surface area contributed by atoms with E-state index in [0.29, 0.717) is 39.2 Å². The van der Waals surface area contributed by atoms with Gasteiger partial charge in [-0.15, -0.1) is 0 Å². The zero-order chi connectivity index (χ0) is 23.8. The van der Waals surface area contributed by atoms with Crippen molar-refractivity contribution in [2.45, 2.75) is 23.6 Å². The van der Waals surface area contributed by atoms with Crippen LogP contribution < -0.4 is 5.32 Å². The minimum absolute atomic E-state index is 0.154. The van der Waals surface area contributed by atoms with Gasteiger partial charge < -0.3 is 14.8 Å². The topological polar surface area (TPSA) is 85.4 Å². The van der Waals surface area contributed by atoms with Crippen LogP contribution in [0.5, 0.6) is 0 Å². The third-order valence-corrected chi connectivity index (χ3v) is 6.41. The van der Waals surface area contributed by atoms with Gasteiger partial charge in [0, 0.05) is 71.1 Å². The van der Waals surface area contributed by atoms with E-state index in [9.17, 15) is 14.1 Å². The average molecular weight is 482 g/mol. The van der Waals surface area contributed by atoms with E-state index in [-0.39, 0.29) is 11.8 Å². The molecule has 1 aromatic heterocycles. The quantitative estimate of drug-likeness (QED) is 0.361. The maximum absolute atomic E-state index is 13.1. The molecule has 1 atom stereocenters. The number of rotatable bonds is 8. The summed E-state index contributed by atoms with van der Waals surface area (Å²) < 4.78 is 13.1. The predicted molar refractivity (Wildman–Crippen MR) is 132 cm³/mol. The Balaban J connectivity index is 1.71. The Hall–Kier alpha value is -3.13. The number of anilines is 1. The Morgan fingerprint density at radius 3 is 2.45 bits per heavy atom. The number of nitrogens with one attached hydrogen (secondary N) is 1. The fourth-order valence-corrected chi connectivity index (χ4v) is 4.54. The lowest BCUT2D eigenvalue weighted by atomic mass is 10.2. The zero-order valence-corrected chi connectivity index (χ0v) is 19.9. The molecule has 0 aliphatic carbocycles. The van der Waals surface area contributed by atoms with Crippen LogP contribution >= 0.6 is 11.6 Å². The van der Waals surface area contributed by atoms with Crippen molar-refractivity contribution in [3.05, 3.63) is 89.2 Å². The van der Waals surface area contributed by atoms with Gasteiger partial charge in [0.2, 0.25) is 5.91 Å². The predicted octanol–water partition coefficient (Wildman–Crippen LogP) is 5.04. The first-order valence-electron chi connectivity index (χ1n) is 10.4. The van der Waals surface area contributed by atoms with Gasteiger partial charge in [-0.25, -0.2) is 0 Å². The van der Waals surface area contributed by atoms with Crippen LogP contribution in [0.1, 0.15) is 29.8 Å². The maximum Gasteiger partial charge on any atom is 0.254 e. The summed E-state index contributed by atoms with van der Waals surface area (Å²) >= 11 is 4.67. The van der Waals surface area contributed by atoms with Gasteiger partial charge in [-0.05, 0) is 61.9 Å². The van der Waals surface area contributed by atoms with Crippen molar-refractivity contribution in [1.29, 1.82) is 0 Å². The first-order chi connectivity index (χ1) is 15.9. The number of aromatic nitrogens is 1. The Morgan fingerprint density at radius 1 is 1.09 bits per heavy atom. The van der Waals surface area contributed by atoms with Gasteiger partial charge in [-0.2, -0.15) is 0 Å². The molecule has 0 radical (unpaired) electrons. The normalized spacial score (nSPS) is 11.9. The molecule has 0 spiro atoms. The molecule has 0 aliphatic heterocycles. The van der Waals surface area contributed by atoms with Crippen LogP contribution in [0, 0.1) is 0 Å². The summed E-state index contributed by atoms with van der Waals surface area (Å²) in [6.07, 6.45) is 6.41. The molecule has 0 bridgehead atoms.